The predicted molar refractivity (Wildman–Crippen MR) is 68.9 cm³/mol. The van der Waals surface area contributed by atoms with E-state index in [0.29, 0.717) is 31.0 Å². The zero-order chi connectivity index (χ0) is 13.7. The van der Waals surface area contributed by atoms with Gasteiger partial charge in [0, 0.05) is 12.5 Å². The van der Waals surface area contributed by atoms with Crippen LogP contribution in [0, 0.1) is 5.82 Å². The minimum atomic E-state index is -0.389. The molecule has 0 saturated heterocycles. The van der Waals surface area contributed by atoms with Gasteiger partial charge in [-0.05, 0) is 12.1 Å². The molecule has 1 unspecified atom stereocenters. The molecule has 0 aliphatic carbocycles. The maximum absolute atomic E-state index is 13.5. The van der Waals surface area contributed by atoms with Gasteiger partial charge in [-0.1, -0.05) is 12.1 Å². The first-order valence-corrected chi connectivity index (χ1v) is 5.97. The molecule has 0 bridgehead atoms. The summed E-state index contributed by atoms with van der Waals surface area (Å²) >= 11 is 0. The second kappa shape index (κ2) is 6.63. The smallest absolute Gasteiger partial charge is 0.169 e. The molecule has 0 aliphatic rings. The molecule has 0 amide bonds. The molecule has 6 heteroatoms. The highest BCUT2D eigenvalue weighted by Gasteiger charge is 2.16. The third-order valence-electron chi connectivity index (χ3n) is 2.78. The molecule has 1 aromatic carbocycles. The molecule has 0 aliphatic heterocycles. The van der Waals surface area contributed by atoms with Crippen molar-refractivity contribution in [2.45, 2.75) is 6.04 Å². The lowest BCUT2D eigenvalue weighted by atomic mass is 10.2. The molecule has 0 saturated carbocycles. The third-order valence-corrected chi connectivity index (χ3v) is 2.78. The number of hydrogen-bond donors (Lipinski definition) is 2. The van der Waals surface area contributed by atoms with Crippen molar-refractivity contribution in [3.05, 3.63) is 35.8 Å². The molecular formula is C13H17FN2O3. The number of para-hydroxylation sites is 1. The number of halogens is 1. The second-order valence-corrected chi connectivity index (χ2v) is 4.09. The van der Waals surface area contributed by atoms with E-state index in [-0.39, 0.29) is 17.4 Å². The Morgan fingerprint density at radius 3 is 2.95 bits per heavy atom. The van der Waals surface area contributed by atoms with Crippen molar-refractivity contribution in [3.8, 4) is 0 Å². The molecule has 2 aromatic rings. The second-order valence-electron chi connectivity index (χ2n) is 4.09. The van der Waals surface area contributed by atoms with Gasteiger partial charge in [0.05, 0.1) is 19.8 Å². The van der Waals surface area contributed by atoms with Crippen molar-refractivity contribution >= 4 is 11.0 Å². The van der Waals surface area contributed by atoms with Crippen molar-refractivity contribution in [1.29, 1.82) is 0 Å². The van der Waals surface area contributed by atoms with Crippen molar-refractivity contribution in [2.24, 2.45) is 5.84 Å². The lowest BCUT2D eigenvalue weighted by molar-refractivity contribution is 0.0557. The Labute approximate surface area is 110 Å². The number of furan rings is 1. The average molecular weight is 268 g/mol. The highest BCUT2D eigenvalue weighted by atomic mass is 19.1. The average Bonchev–Trinajstić information content (AvgIpc) is 2.84. The van der Waals surface area contributed by atoms with E-state index in [9.17, 15) is 4.39 Å². The summed E-state index contributed by atoms with van der Waals surface area (Å²) in [5, 5.41) is 0.701. The molecule has 104 valence electrons. The minimum absolute atomic E-state index is 0.231. The van der Waals surface area contributed by atoms with Crippen LogP contribution in [0.1, 0.15) is 11.8 Å². The fourth-order valence-electron chi connectivity index (χ4n) is 1.77. The number of nitrogens with two attached hydrogens (primary N) is 1. The van der Waals surface area contributed by atoms with Crippen LogP contribution in [0.5, 0.6) is 0 Å². The molecule has 0 radical (unpaired) electrons. The minimum Gasteiger partial charge on any atom is -0.456 e. The van der Waals surface area contributed by atoms with Crippen LogP contribution in [-0.2, 0) is 9.47 Å². The van der Waals surface area contributed by atoms with Gasteiger partial charge in [0.25, 0.3) is 0 Å². The molecule has 0 spiro atoms. The maximum Gasteiger partial charge on any atom is 0.169 e. The van der Waals surface area contributed by atoms with Gasteiger partial charge >= 0.3 is 0 Å². The van der Waals surface area contributed by atoms with Gasteiger partial charge in [0.1, 0.15) is 11.8 Å². The molecule has 1 aromatic heterocycles. The van der Waals surface area contributed by atoms with Crippen molar-refractivity contribution in [2.75, 3.05) is 26.9 Å². The molecule has 19 heavy (non-hydrogen) atoms. The van der Waals surface area contributed by atoms with Crippen molar-refractivity contribution < 1.29 is 18.3 Å². The quantitative estimate of drug-likeness (QED) is 0.455. The maximum atomic E-state index is 13.5. The first kappa shape index (κ1) is 14.0. The van der Waals surface area contributed by atoms with E-state index >= 15 is 0 Å². The first-order chi connectivity index (χ1) is 9.26. The van der Waals surface area contributed by atoms with Gasteiger partial charge in [-0.15, -0.1) is 0 Å². The summed E-state index contributed by atoms with van der Waals surface area (Å²) in [7, 11) is 1.60. The van der Waals surface area contributed by atoms with E-state index in [4.69, 9.17) is 19.7 Å². The monoisotopic (exact) mass is 268 g/mol. The molecule has 2 rings (SSSR count). The van der Waals surface area contributed by atoms with Crippen LogP contribution in [0.25, 0.3) is 11.0 Å². The third kappa shape index (κ3) is 3.30. The van der Waals surface area contributed by atoms with E-state index in [0.717, 1.165) is 0 Å². The van der Waals surface area contributed by atoms with Crippen LogP contribution >= 0.6 is 0 Å². The molecule has 1 heterocycles. The van der Waals surface area contributed by atoms with E-state index in [1.165, 1.54) is 6.07 Å². The van der Waals surface area contributed by atoms with Crippen LogP contribution in [0.3, 0.4) is 0 Å². The summed E-state index contributed by atoms with van der Waals surface area (Å²) in [4.78, 5) is 0. The predicted octanol–water partition coefficient (Wildman–Crippen LogP) is 1.74. The Balaban J connectivity index is 2.10. The summed E-state index contributed by atoms with van der Waals surface area (Å²) in [5.41, 5.74) is 2.82. The largest absolute Gasteiger partial charge is 0.456 e. The van der Waals surface area contributed by atoms with Crippen molar-refractivity contribution in [3.63, 3.8) is 0 Å². The summed E-state index contributed by atoms with van der Waals surface area (Å²) < 4.78 is 29.3. The van der Waals surface area contributed by atoms with Gasteiger partial charge in [-0.2, -0.15) is 0 Å². The fourth-order valence-corrected chi connectivity index (χ4v) is 1.77. The van der Waals surface area contributed by atoms with Gasteiger partial charge in [0.2, 0.25) is 0 Å². The van der Waals surface area contributed by atoms with E-state index < -0.39 is 0 Å². The topological polar surface area (TPSA) is 69.7 Å². The molecule has 5 nitrogen and oxygen atoms in total. The van der Waals surface area contributed by atoms with Crippen LogP contribution < -0.4 is 11.3 Å². The lowest BCUT2D eigenvalue weighted by Crippen LogP contribution is -2.31. The van der Waals surface area contributed by atoms with E-state index in [2.05, 4.69) is 5.43 Å². The summed E-state index contributed by atoms with van der Waals surface area (Å²) in [6.07, 6.45) is 0. The molecule has 0 fully saturated rings. The summed E-state index contributed by atoms with van der Waals surface area (Å²) in [6, 6.07) is 6.20. The van der Waals surface area contributed by atoms with Gasteiger partial charge in [-0.3, -0.25) is 5.84 Å². The molecular weight excluding hydrogens is 251 g/mol. The normalized spacial score (nSPS) is 13.0. The fraction of sp³-hybridized carbons (Fsp3) is 0.385. The zero-order valence-corrected chi connectivity index (χ0v) is 10.7. The number of methoxy groups -OCH3 is 1. The Bertz CT molecular complexity index is 530. The summed E-state index contributed by atoms with van der Waals surface area (Å²) in [5.74, 6) is 5.62. The number of rotatable bonds is 7. The van der Waals surface area contributed by atoms with Gasteiger partial charge in [0.15, 0.2) is 11.4 Å². The van der Waals surface area contributed by atoms with Crippen LogP contribution in [0.4, 0.5) is 4.39 Å². The Morgan fingerprint density at radius 2 is 2.26 bits per heavy atom. The number of nitrogens with one attached hydrogen (secondary N) is 1. The van der Waals surface area contributed by atoms with Crippen molar-refractivity contribution in [1.82, 2.24) is 5.43 Å². The Kier molecular flexibility index (Phi) is 4.86. The number of ether oxygens (including phenoxy) is 2. The van der Waals surface area contributed by atoms with Crippen LogP contribution in [-0.4, -0.2) is 26.9 Å². The highest BCUT2D eigenvalue weighted by Crippen LogP contribution is 2.25. The Morgan fingerprint density at radius 1 is 1.42 bits per heavy atom. The highest BCUT2D eigenvalue weighted by molar-refractivity contribution is 5.78. The molecule has 3 N–H and O–H groups in total. The SMILES string of the molecule is COCCOCC(NN)c1cc2cccc(F)c2o1. The number of benzene rings is 1. The van der Waals surface area contributed by atoms with Crippen LogP contribution in [0.15, 0.2) is 28.7 Å². The molecule has 1 atom stereocenters. The number of hydrogen-bond acceptors (Lipinski definition) is 5. The van der Waals surface area contributed by atoms with Gasteiger partial charge < -0.3 is 13.9 Å². The number of hydrazine groups is 1. The lowest BCUT2D eigenvalue weighted by Gasteiger charge is -2.13. The zero-order valence-electron chi connectivity index (χ0n) is 10.7. The van der Waals surface area contributed by atoms with Crippen LogP contribution in [0.2, 0.25) is 0 Å². The van der Waals surface area contributed by atoms with E-state index in [1.54, 1.807) is 25.3 Å². The number of fused-ring (bicyclic) bond motifs is 1. The summed E-state index contributed by atoms with van der Waals surface area (Å²) in [6.45, 7) is 1.29. The first-order valence-electron chi connectivity index (χ1n) is 5.97. The van der Waals surface area contributed by atoms with E-state index in [1.807, 2.05) is 0 Å². The standard InChI is InChI=1S/C13H17FN2O3/c1-17-5-6-18-8-11(16-15)12-7-9-3-2-4-10(14)13(9)19-12/h2-4,7,11,16H,5-6,8,15H2,1H3. The Hall–Kier alpha value is -1.47. The van der Waals surface area contributed by atoms with Gasteiger partial charge in [-0.25, -0.2) is 9.82 Å².